The molecular weight excluding hydrogens is 262 g/mol. The van der Waals surface area contributed by atoms with Gasteiger partial charge in [0.1, 0.15) is 0 Å². The fourth-order valence-corrected chi connectivity index (χ4v) is 2.67. The molecule has 3 N–H and O–H groups in total. The molecule has 0 aliphatic heterocycles. The van der Waals surface area contributed by atoms with Crippen LogP contribution < -0.4 is 5.32 Å². The van der Waals surface area contributed by atoms with E-state index in [0.717, 1.165) is 0 Å². The summed E-state index contributed by atoms with van der Waals surface area (Å²) in [4.78, 5) is 23.3. The standard InChI is InChI=1S/C14H25NO5/c1-9-6-10(11(7-9)13(17)18)12(16)15-8-14(2,19)4-5-20-3/h9-11,19H,4-8H2,1-3H3,(H,15,16)(H,17,18). The summed E-state index contributed by atoms with van der Waals surface area (Å²) in [6.45, 7) is 4.09. The van der Waals surface area contributed by atoms with Gasteiger partial charge in [0.05, 0.1) is 17.4 Å². The van der Waals surface area contributed by atoms with E-state index < -0.39 is 23.4 Å². The Morgan fingerprint density at radius 2 is 1.95 bits per heavy atom. The first-order valence-electron chi connectivity index (χ1n) is 6.98. The summed E-state index contributed by atoms with van der Waals surface area (Å²) < 4.78 is 4.90. The summed E-state index contributed by atoms with van der Waals surface area (Å²) in [5, 5.41) is 21.9. The molecule has 4 atom stereocenters. The summed E-state index contributed by atoms with van der Waals surface area (Å²) in [7, 11) is 1.55. The van der Waals surface area contributed by atoms with E-state index in [4.69, 9.17) is 9.84 Å². The molecule has 0 radical (unpaired) electrons. The second kappa shape index (κ2) is 7.04. The fraction of sp³-hybridized carbons (Fsp3) is 0.857. The van der Waals surface area contributed by atoms with Gasteiger partial charge in [0.15, 0.2) is 0 Å². The third-order valence-corrected chi connectivity index (χ3v) is 3.94. The van der Waals surface area contributed by atoms with Gasteiger partial charge in [0.25, 0.3) is 0 Å². The maximum Gasteiger partial charge on any atom is 0.307 e. The first-order valence-corrected chi connectivity index (χ1v) is 6.98. The van der Waals surface area contributed by atoms with Crippen LogP contribution in [0.3, 0.4) is 0 Å². The van der Waals surface area contributed by atoms with E-state index in [1.165, 1.54) is 0 Å². The average molecular weight is 287 g/mol. The normalized spacial score (nSPS) is 28.9. The van der Waals surface area contributed by atoms with Crippen LogP contribution in [0.2, 0.25) is 0 Å². The van der Waals surface area contributed by atoms with E-state index in [1.807, 2.05) is 6.92 Å². The zero-order chi connectivity index (χ0) is 15.3. The van der Waals surface area contributed by atoms with Crippen molar-refractivity contribution in [2.45, 2.75) is 38.7 Å². The molecule has 0 spiro atoms. The van der Waals surface area contributed by atoms with Crippen LogP contribution in [-0.4, -0.2) is 48.0 Å². The lowest BCUT2D eigenvalue weighted by Gasteiger charge is -2.25. The number of carboxylic acid groups (broad SMARTS) is 1. The Hall–Kier alpha value is -1.14. The van der Waals surface area contributed by atoms with Crippen molar-refractivity contribution in [3.63, 3.8) is 0 Å². The second-order valence-corrected chi connectivity index (χ2v) is 6.09. The Morgan fingerprint density at radius 1 is 1.35 bits per heavy atom. The number of carbonyl (C=O) groups excluding carboxylic acids is 1. The molecule has 1 fully saturated rings. The minimum atomic E-state index is -1.05. The number of aliphatic hydroxyl groups is 1. The average Bonchev–Trinajstić information content (AvgIpc) is 2.76. The topological polar surface area (TPSA) is 95.9 Å². The van der Waals surface area contributed by atoms with Crippen molar-refractivity contribution in [2.75, 3.05) is 20.3 Å². The number of hydrogen-bond acceptors (Lipinski definition) is 4. The Morgan fingerprint density at radius 3 is 2.50 bits per heavy atom. The van der Waals surface area contributed by atoms with Crippen molar-refractivity contribution < 1.29 is 24.5 Å². The summed E-state index contributed by atoms with van der Waals surface area (Å²) in [6, 6.07) is 0. The van der Waals surface area contributed by atoms with Crippen LogP contribution in [0.5, 0.6) is 0 Å². The van der Waals surface area contributed by atoms with Gasteiger partial charge in [0, 0.05) is 26.7 Å². The summed E-state index contributed by atoms with van der Waals surface area (Å²) in [6.07, 6.45) is 1.53. The summed E-state index contributed by atoms with van der Waals surface area (Å²) in [5.41, 5.74) is -1.05. The van der Waals surface area contributed by atoms with E-state index in [1.54, 1.807) is 14.0 Å². The molecule has 1 rings (SSSR count). The number of carboxylic acids is 1. The molecule has 0 saturated heterocycles. The molecule has 6 nitrogen and oxygen atoms in total. The van der Waals surface area contributed by atoms with Crippen molar-refractivity contribution in [3.8, 4) is 0 Å². The van der Waals surface area contributed by atoms with Crippen LogP contribution in [0, 0.1) is 17.8 Å². The van der Waals surface area contributed by atoms with Crippen LogP contribution in [0.1, 0.15) is 33.1 Å². The minimum absolute atomic E-state index is 0.104. The van der Waals surface area contributed by atoms with Crippen molar-refractivity contribution in [2.24, 2.45) is 17.8 Å². The van der Waals surface area contributed by atoms with Crippen molar-refractivity contribution >= 4 is 11.9 Å². The number of carbonyl (C=O) groups is 2. The predicted molar refractivity (Wildman–Crippen MR) is 73.1 cm³/mol. The molecule has 20 heavy (non-hydrogen) atoms. The van der Waals surface area contributed by atoms with Gasteiger partial charge in [-0.1, -0.05) is 6.92 Å². The number of ether oxygens (including phenoxy) is 1. The van der Waals surface area contributed by atoms with E-state index in [2.05, 4.69) is 5.32 Å². The smallest absolute Gasteiger partial charge is 0.307 e. The van der Waals surface area contributed by atoms with Crippen molar-refractivity contribution in [3.05, 3.63) is 0 Å². The Labute approximate surface area is 119 Å². The molecule has 1 saturated carbocycles. The Kier molecular flexibility index (Phi) is 5.95. The van der Waals surface area contributed by atoms with Gasteiger partial charge in [-0.3, -0.25) is 9.59 Å². The van der Waals surface area contributed by atoms with E-state index in [0.29, 0.717) is 25.9 Å². The van der Waals surface area contributed by atoms with Gasteiger partial charge in [-0.2, -0.15) is 0 Å². The van der Waals surface area contributed by atoms with Gasteiger partial charge >= 0.3 is 5.97 Å². The van der Waals surface area contributed by atoms with Crippen LogP contribution in [0.15, 0.2) is 0 Å². The van der Waals surface area contributed by atoms with Crippen LogP contribution in [-0.2, 0) is 14.3 Å². The molecule has 0 aromatic rings. The van der Waals surface area contributed by atoms with E-state index >= 15 is 0 Å². The molecule has 0 aromatic heterocycles. The summed E-state index contributed by atoms with van der Waals surface area (Å²) in [5.74, 6) is -2.07. The van der Waals surface area contributed by atoms with Crippen LogP contribution in [0.4, 0.5) is 0 Å². The first kappa shape index (κ1) is 16.9. The zero-order valence-corrected chi connectivity index (χ0v) is 12.4. The molecule has 0 aromatic carbocycles. The zero-order valence-electron chi connectivity index (χ0n) is 12.4. The SMILES string of the molecule is COCCC(C)(O)CNC(=O)C1CC(C)CC1C(=O)O. The van der Waals surface area contributed by atoms with Gasteiger partial charge in [-0.05, 0) is 25.7 Å². The van der Waals surface area contributed by atoms with Crippen molar-refractivity contribution in [1.29, 1.82) is 0 Å². The highest BCUT2D eigenvalue weighted by atomic mass is 16.5. The predicted octanol–water partition coefficient (Wildman–Crippen LogP) is 0.637. The number of nitrogens with one attached hydrogen (secondary N) is 1. The Bertz CT molecular complexity index is 355. The first-order chi connectivity index (χ1) is 9.26. The molecule has 0 heterocycles. The third-order valence-electron chi connectivity index (χ3n) is 3.94. The lowest BCUT2D eigenvalue weighted by Crippen LogP contribution is -2.44. The number of rotatable bonds is 7. The summed E-state index contributed by atoms with van der Waals surface area (Å²) >= 11 is 0. The molecule has 4 unspecified atom stereocenters. The molecule has 6 heteroatoms. The number of amides is 1. The monoisotopic (exact) mass is 287 g/mol. The van der Waals surface area contributed by atoms with Crippen molar-refractivity contribution in [1.82, 2.24) is 5.32 Å². The Balaban J connectivity index is 2.51. The number of aliphatic carboxylic acids is 1. The highest BCUT2D eigenvalue weighted by Crippen LogP contribution is 2.36. The molecule has 1 amide bonds. The van der Waals surface area contributed by atoms with Gasteiger partial charge in [-0.15, -0.1) is 0 Å². The molecule has 0 bridgehead atoms. The molecule has 1 aliphatic rings. The van der Waals surface area contributed by atoms with E-state index in [-0.39, 0.29) is 18.4 Å². The second-order valence-electron chi connectivity index (χ2n) is 6.09. The maximum atomic E-state index is 12.1. The third kappa shape index (κ3) is 4.76. The molecule has 116 valence electrons. The number of hydrogen-bond donors (Lipinski definition) is 3. The van der Waals surface area contributed by atoms with Crippen LogP contribution >= 0.6 is 0 Å². The quantitative estimate of drug-likeness (QED) is 0.638. The highest BCUT2D eigenvalue weighted by molar-refractivity contribution is 5.85. The lowest BCUT2D eigenvalue weighted by molar-refractivity contribution is -0.146. The minimum Gasteiger partial charge on any atom is -0.481 e. The molecular formula is C14H25NO5. The van der Waals surface area contributed by atoms with Gasteiger partial charge < -0.3 is 20.3 Å². The van der Waals surface area contributed by atoms with Crippen LogP contribution in [0.25, 0.3) is 0 Å². The van der Waals surface area contributed by atoms with E-state index in [9.17, 15) is 14.7 Å². The largest absolute Gasteiger partial charge is 0.481 e. The highest BCUT2D eigenvalue weighted by Gasteiger charge is 2.41. The van der Waals surface area contributed by atoms with Gasteiger partial charge in [-0.25, -0.2) is 0 Å². The number of methoxy groups -OCH3 is 1. The lowest BCUT2D eigenvalue weighted by atomic mass is 9.94. The molecule has 1 aliphatic carbocycles. The maximum absolute atomic E-state index is 12.1. The fourth-order valence-electron chi connectivity index (χ4n) is 2.67. The van der Waals surface area contributed by atoms with Gasteiger partial charge in [0.2, 0.25) is 5.91 Å².